The highest BCUT2D eigenvalue weighted by molar-refractivity contribution is 9.11. The molecular weight excluding hydrogens is 396 g/mol. The molecule has 0 saturated heterocycles. The second kappa shape index (κ2) is 7.73. The zero-order valence-corrected chi connectivity index (χ0v) is 14.6. The van der Waals surface area contributed by atoms with Gasteiger partial charge in [0.05, 0.1) is 5.56 Å². The van der Waals surface area contributed by atoms with Crippen LogP contribution in [0.15, 0.2) is 51.4 Å². The molecule has 0 heterocycles. The molecule has 0 saturated carbocycles. The monoisotopic (exact) mass is 410 g/mol. The van der Waals surface area contributed by atoms with Crippen molar-refractivity contribution >= 4 is 37.8 Å². The van der Waals surface area contributed by atoms with E-state index in [4.69, 9.17) is 5.73 Å². The molecule has 2 aromatic carbocycles. The molecule has 0 aliphatic carbocycles. The highest BCUT2D eigenvalue weighted by Gasteiger charge is 2.09. The molecule has 0 aromatic heterocycles. The van der Waals surface area contributed by atoms with Crippen LogP contribution in [0.1, 0.15) is 21.5 Å². The van der Waals surface area contributed by atoms with Crippen molar-refractivity contribution in [3.8, 4) is 0 Å². The SMILES string of the molecule is NCCc1ccc(CNC(=O)c2ccc(Br)cc2Br)cc1. The van der Waals surface area contributed by atoms with Crippen molar-refractivity contribution in [3.63, 3.8) is 0 Å². The quantitative estimate of drug-likeness (QED) is 0.788. The van der Waals surface area contributed by atoms with Gasteiger partial charge in [0.2, 0.25) is 0 Å². The number of halogens is 2. The van der Waals surface area contributed by atoms with Gasteiger partial charge in [-0.05, 0) is 58.2 Å². The predicted molar refractivity (Wildman–Crippen MR) is 92.2 cm³/mol. The lowest BCUT2D eigenvalue weighted by molar-refractivity contribution is 0.0950. The van der Waals surface area contributed by atoms with Crippen LogP contribution in [0.5, 0.6) is 0 Å². The third kappa shape index (κ3) is 4.66. The molecule has 3 N–H and O–H groups in total. The van der Waals surface area contributed by atoms with Crippen molar-refractivity contribution in [2.45, 2.75) is 13.0 Å². The van der Waals surface area contributed by atoms with E-state index in [0.29, 0.717) is 18.7 Å². The lowest BCUT2D eigenvalue weighted by Gasteiger charge is -2.08. The predicted octanol–water partition coefficient (Wildman–Crippen LogP) is 3.64. The van der Waals surface area contributed by atoms with Crippen molar-refractivity contribution in [1.29, 1.82) is 0 Å². The number of hydrogen-bond donors (Lipinski definition) is 2. The largest absolute Gasteiger partial charge is 0.348 e. The van der Waals surface area contributed by atoms with Crippen LogP contribution in [0.25, 0.3) is 0 Å². The third-order valence-electron chi connectivity index (χ3n) is 3.08. The van der Waals surface area contributed by atoms with Gasteiger partial charge in [0, 0.05) is 15.5 Å². The van der Waals surface area contributed by atoms with Crippen LogP contribution in [0, 0.1) is 0 Å². The van der Waals surface area contributed by atoms with Gasteiger partial charge < -0.3 is 11.1 Å². The van der Waals surface area contributed by atoms with E-state index in [0.717, 1.165) is 20.9 Å². The first-order valence-electron chi connectivity index (χ1n) is 6.61. The number of nitrogens with two attached hydrogens (primary N) is 1. The number of carbonyl (C=O) groups is 1. The molecule has 0 atom stereocenters. The maximum atomic E-state index is 12.1. The van der Waals surface area contributed by atoms with Crippen LogP contribution in [0.3, 0.4) is 0 Å². The fourth-order valence-electron chi connectivity index (χ4n) is 1.94. The fourth-order valence-corrected chi connectivity index (χ4v) is 3.17. The number of amides is 1. The maximum Gasteiger partial charge on any atom is 0.252 e. The molecule has 1 amide bonds. The van der Waals surface area contributed by atoms with Crippen LogP contribution >= 0.6 is 31.9 Å². The number of rotatable bonds is 5. The van der Waals surface area contributed by atoms with E-state index in [2.05, 4.69) is 37.2 Å². The van der Waals surface area contributed by atoms with E-state index in [1.807, 2.05) is 36.4 Å². The second-order valence-corrected chi connectivity index (χ2v) is 6.43. The molecule has 110 valence electrons. The highest BCUT2D eigenvalue weighted by atomic mass is 79.9. The summed E-state index contributed by atoms with van der Waals surface area (Å²) in [7, 11) is 0. The molecule has 2 aromatic rings. The van der Waals surface area contributed by atoms with E-state index in [1.165, 1.54) is 5.56 Å². The van der Waals surface area contributed by atoms with Crippen molar-refractivity contribution in [2.75, 3.05) is 6.54 Å². The average molecular weight is 412 g/mol. The Kier molecular flexibility index (Phi) is 5.96. The Balaban J connectivity index is 1.97. The summed E-state index contributed by atoms with van der Waals surface area (Å²) in [6, 6.07) is 13.6. The summed E-state index contributed by atoms with van der Waals surface area (Å²) in [5.74, 6) is -0.0968. The van der Waals surface area contributed by atoms with E-state index in [9.17, 15) is 4.79 Å². The van der Waals surface area contributed by atoms with Crippen LogP contribution in [-0.4, -0.2) is 12.5 Å². The Bertz CT molecular complexity index is 627. The summed E-state index contributed by atoms with van der Waals surface area (Å²) in [5, 5.41) is 2.92. The van der Waals surface area contributed by atoms with E-state index in [1.54, 1.807) is 6.07 Å². The first-order valence-corrected chi connectivity index (χ1v) is 8.20. The van der Waals surface area contributed by atoms with Gasteiger partial charge in [-0.2, -0.15) is 0 Å². The Morgan fingerprint density at radius 2 is 1.71 bits per heavy atom. The Labute approximate surface area is 141 Å². The standard InChI is InChI=1S/C16H16Br2N2O/c17-13-5-6-14(15(18)9-13)16(21)20-10-12-3-1-11(2-4-12)7-8-19/h1-6,9H,7-8,10,19H2,(H,20,21). The zero-order valence-electron chi connectivity index (χ0n) is 11.4. The molecule has 2 rings (SSSR count). The summed E-state index contributed by atoms with van der Waals surface area (Å²) in [6.45, 7) is 1.15. The first-order chi connectivity index (χ1) is 10.1. The molecule has 0 aliphatic heterocycles. The van der Waals surface area contributed by atoms with Crippen molar-refractivity contribution in [3.05, 3.63) is 68.1 Å². The highest BCUT2D eigenvalue weighted by Crippen LogP contribution is 2.21. The molecule has 0 bridgehead atoms. The van der Waals surface area contributed by atoms with Gasteiger partial charge in [-0.15, -0.1) is 0 Å². The third-order valence-corrected chi connectivity index (χ3v) is 4.23. The first kappa shape index (κ1) is 16.2. The lowest BCUT2D eigenvalue weighted by atomic mass is 10.1. The molecule has 5 heteroatoms. The number of benzene rings is 2. The van der Waals surface area contributed by atoms with E-state index < -0.39 is 0 Å². The van der Waals surface area contributed by atoms with Crippen molar-refractivity contribution in [1.82, 2.24) is 5.32 Å². The molecule has 0 radical (unpaired) electrons. The number of hydrogen-bond acceptors (Lipinski definition) is 2. The summed E-state index contributed by atoms with van der Waals surface area (Å²) < 4.78 is 1.70. The molecule has 0 unspecified atom stereocenters. The molecule has 21 heavy (non-hydrogen) atoms. The summed E-state index contributed by atoms with van der Waals surface area (Å²) >= 11 is 6.77. The van der Waals surface area contributed by atoms with Gasteiger partial charge in [0.15, 0.2) is 0 Å². The van der Waals surface area contributed by atoms with E-state index >= 15 is 0 Å². The molecule has 0 aliphatic rings. The Morgan fingerprint density at radius 3 is 2.33 bits per heavy atom. The number of carbonyl (C=O) groups excluding carboxylic acids is 1. The zero-order chi connectivity index (χ0) is 15.2. The molecule has 0 fully saturated rings. The topological polar surface area (TPSA) is 55.1 Å². The van der Waals surface area contributed by atoms with Crippen LogP contribution in [0.4, 0.5) is 0 Å². The van der Waals surface area contributed by atoms with Crippen LogP contribution in [-0.2, 0) is 13.0 Å². The molecular formula is C16H16Br2N2O. The minimum absolute atomic E-state index is 0.0968. The summed E-state index contributed by atoms with van der Waals surface area (Å²) in [6.07, 6.45) is 0.873. The van der Waals surface area contributed by atoms with Gasteiger partial charge in [0.25, 0.3) is 5.91 Å². The maximum absolute atomic E-state index is 12.1. The minimum Gasteiger partial charge on any atom is -0.348 e. The summed E-state index contributed by atoms with van der Waals surface area (Å²) in [4.78, 5) is 12.1. The van der Waals surface area contributed by atoms with E-state index in [-0.39, 0.29) is 5.91 Å². The average Bonchev–Trinajstić information content (AvgIpc) is 2.46. The van der Waals surface area contributed by atoms with Gasteiger partial charge in [-0.25, -0.2) is 0 Å². The van der Waals surface area contributed by atoms with Crippen LogP contribution < -0.4 is 11.1 Å². The number of nitrogens with one attached hydrogen (secondary N) is 1. The Hall–Kier alpha value is -1.17. The molecule has 0 spiro atoms. The fraction of sp³-hybridized carbons (Fsp3) is 0.188. The van der Waals surface area contributed by atoms with Gasteiger partial charge in [0.1, 0.15) is 0 Å². The normalized spacial score (nSPS) is 10.4. The second-order valence-electron chi connectivity index (χ2n) is 4.66. The van der Waals surface area contributed by atoms with Crippen LogP contribution in [0.2, 0.25) is 0 Å². The van der Waals surface area contributed by atoms with Crippen molar-refractivity contribution in [2.24, 2.45) is 5.73 Å². The lowest BCUT2D eigenvalue weighted by Crippen LogP contribution is -2.23. The van der Waals surface area contributed by atoms with Gasteiger partial charge in [-0.3, -0.25) is 4.79 Å². The smallest absolute Gasteiger partial charge is 0.252 e. The minimum atomic E-state index is -0.0968. The summed E-state index contributed by atoms with van der Waals surface area (Å²) in [5.41, 5.74) is 8.42. The Morgan fingerprint density at radius 1 is 1.05 bits per heavy atom. The van der Waals surface area contributed by atoms with Gasteiger partial charge >= 0.3 is 0 Å². The van der Waals surface area contributed by atoms with Crippen molar-refractivity contribution < 1.29 is 4.79 Å². The van der Waals surface area contributed by atoms with Gasteiger partial charge in [-0.1, -0.05) is 40.2 Å². The molecule has 3 nitrogen and oxygen atoms in total.